The molecule has 0 bridgehead atoms. The van der Waals surface area contributed by atoms with Gasteiger partial charge in [-0.05, 0) is 42.9 Å². The molecule has 1 heterocycles. The molecule has 2 atom stereocenters. The lowest BCUT2D eigenvalue weighted by molar-refractivity contribution is -0.119. The Morgan fingerprint density at radius 1 is 1.39 bits per heavy atom. The summed E-state index contributed by atoms with van der Waals surface area (Å²) in [7, 11) is 1.67. The first kappa shape index (κ1) is 12.9. The number of aryl methyl sites for hydroxylation is 1. The Balaban J connectivity index is 1.96. The zero-order valence-corrected chi connectivity index (χ0v) is 11.3. The maximum Gasteiger partial charge on any atom is 0.220 e. The molecule has 3 nitrogen and oxygen atoms in total. The van der Waals surface area contributed by atoms with Crippen LogP contribution in [-0.4, -0.2) is 19.1 Å². The molecule has 2 rings (SSSR count). The fourth-order valence-electron chi connectivity index (χ4n) is 2.51. The van der Waals surface area contributed by atoms with Gasteiger partial charge in [0.15, 0.2) is 0 Å². The molecule has 1 saturated heterocycles. The summed E-state index contributed by atoms with van der Waals surface area (Å²) >= 11 is 0. The predicted octanol–water partition coefficient (Wildman–Crippen LogP) is 2.54. The second kappa shape index (κ2) is 5.01. The standard InChI is InChI=1S/C15H21NO2/c1-11-15(2,10-14(17)16-11)9-8-12-4-6-13(18-3)7-5-12/h4-7,11H,8-10H2,1-3H3,(H,16,17). The summed E-state index contributed by atoms with van der Waals surface area (Å²) in [5.41, 5.74) is 1.38. The largest absolute Gasteiger partial charge is 0.497 e. The SMILES string of the molecule is COc1ccc(CCC2(C)CC(=O)NC2C)cc1. The van der Waals surface area contributed by atoms with Crippen molar-refractivity contribution in [3.8, 4) is 5.75 Å². The van der Waals surface area contributed by atoms with Crippen molar-refractivity contribution in [2.45, 2.75) is 39.2 Å². The van der Waals surface area contributed by atoms with Crippen LogP contribution in [0.5, 0.6) is 5.75 Å². The smallest absolute Gasteiger partial charge is 0.220 e. The van der Waals surface area contributed by atoms with Gasteiger partial charge in [-0.25, -0.2) is 0 Å². The highest BCUT2D eigenvalue weighted by atomic mass is 16.5. The van der Waals surface area contributed by atoms with Gasteiger partial charge in [0, 0.05) is 12.5 Å². The number of hydrogen-bond donors (Lipinski definition) is 1. The third-order valence-corrected chi connectivity index (χ3v) is 4.13. The number of benzene rings is 1. The first-order chi connectivity index (χ1) is 8.53. The maximum absolute atomic E-state index is 11.4. The van der Waals surface area contributed by atoms with Crippen LogP contribution in [0.4, 0.5) is 0 Å². The monoisotopic (exact) mass is 247 g/mol. The van der Waals surface area contributed by atoms with Crippen LogP contribution < -0.4 is 10.1 Å². The molecular weight excluding hydrogens is 226 g/mol. The number of hydrogen-bond acceptors (Lipinski definition) is 2. The topological polar surface area (TPSA) is 38.3 Å². The van der Waals surface area contributed by atoms with E-state index in [4.69, 9.17) is 4.74 Å². The molecule has 2 unspecified atom stereocenters. The van der Waals surface area contributed by atoms with Crippen molar-refractivity contribution in [3.63, 3.8) is 0 Å². The number of carbonyl (C=O) groups is 1. The van der Waals surface area contributed by atoms with E-state index in [1.165, 1.54) is 5.56 Å². The summed E-state index contributed by atoms with van der Waals surface area (Å²) in [6.07, 6.45) is 2.67. The van der Waals surface area contributed by atoms with Gasteiger partial charge in [-0.2, -0.15) is 0 Å². The van der Waals surface area contributed by atoms with Gasteiger partial charge < -0.3 is 10.1 Å². The van der Waals surface area contributed by atoms with Gasteiger partial charge in [-0.15, -0.1) is 0 Å². The van der Waals surface area contributed by atoms with E-state index in [-0.39, 0.29) is 17.4 Å². The zero-order chi connectivity index (χ0) is 13.2. The van der Waals surface area contributed by atoms with Crippen LogP contribution in [0.3, 0.4) is 0 Å². The van der Waals surface area contributed by atoms with Crippen LogP contribution in [0.2, 0.25) is 0 Å². The summed E-state index contributed by atoms with van der Waals surface area (Å²) in [4.78, 5) is 11.4. The average molecular weight is 247 g/mol. The van der Waals surface area contributed by atoms with Crippen LogP contribution in [-0.2, 0) is 11.2 Å². The quantitative estimate of drug-likeness (QED) is 0.888. The molecule has 0 saturated carbocycles. The molecule has 0 spiro atoms. The highest BCUT2D eigenvalue weighted by molar-refractivity contribution is 5.79. The van der Waals surface area contributed by atoms with Crippen LogP contribution in [0.15, 0.2) is 24.3 Å². The number of nitrogens with one attached hydrogen (secondary N) is 1. The summed E-state index contributed by atoms with van der Waals surface area (Å²) in [6.45, 7) is 4.29. The van der Waals surface area contributed by atoms with Gasteiger partial charge >= 0.3 is 0 Å². The van der Waals surface area contributed by atoms with Crippen molar-refractivity contribution < 1.29 is 9.53 Å². The fraction of sp³-hybridized carbons (Fsp3) is 0.533. The Labute approximate surface area is 109 Å². The van der Waals surface area contributed by atoms with Crippen molar-refractivity contribution >= 4 is 5.91 Å². The molecule has 3 heteroatoms. The van der Waals surface area contributed by atoms with E-state index in [0.717, 1.165) is 18.6 Å². The van der Waals surface area contributed by atoms with Crippen molar-refractivity contribution in [3.05, 3.63) is 29.8 Å². The number of carbonyl (C=O) groups excluding carboxylic acids is 1. The van der Waals surface area contributed by atoms with Crippen LogP contribution >= 0.6 is 0 Å². The number of methoxy groups -OCH3 is 1. The van der Waals surface area contributed by atoms with Gasteiger partial charge in [-0.1, -0.05) is 19.1 Å². The third-order valence-electron chi connectivity index (χ3n) is 4.13. The van der Waals surface area contributed by atoms with Gasteiger partial charge in [0.1, 0.15) is 5.75 Å². The Bertz CT molecular complexity index is 427. The van der Waals surface area contributed by atoms with E-state index >= 15 is 0 Å². The molecule has 98 valence electrons. The highest BCUT2D eigenvalue weighted by Crippen LogP contribution is 2.36. The molecule has 1 aromatic rings. The minimum absolute atomic E-state index is 0.0804. The van der Waals surface area contributed by atoms with Crippen molar-refractivity contribution in [1.29, 1.82) is 0 Å². The maximum atomic E-state index is 11.4. The van der Waals surface area contributed by atoms with Crippen LogP contribution in [0, 0.1) is 5.41 Å². The van der Waals surface area contributed by atoms with Gasteiger partial charge in [-0.3, -0.25) is 4.79 Å². The normalized spacial score (nSPS) is 27.1. The number of ether oxygens (including phenoxy) is 1. The van der Waals surface area contributed by atoms with Crippen molar-refractivity contribution in [1.82, 2.24) is 5.32 Å². The van der Waals surface area contributed by atoms with Crippen LogP contribution in [0.25, 0.3) is 0 Å². The van der Waals surface area contributed by atoms with E-state index < -0.39 is 0 Å². The molecule has 1 aliphatic heterocycles. The predicted molar refractivity (Wildman–Crippen MR) is 71.6 cm³/mol. The van der Waals surface area contributed by atoms with E-state index in [1.54, 1.807) is 7.11 Å². The van der Waals surface area contributed by atoms with E-state index in [9.17, 15) is 4.79 Å². The van der Waals surface area contributed by atoms with E-state index in [1.807, 2.05) is 12.1 Å². The van der Waals surface area contributed by atoms with Crippen LogP contribution in [0.1, 0.15) is 32.3 Å². The molecule has 1 aromatic carbocycles. The van der Waals surface area contributed by atoms with E-state index in [0.29, 0.717) is 6.42 Å². The minimum atomic E-state index is 0.0804. The molecule has 1 aliphatic rings. The summed E-state index contributed by atoms with van der Waals surface area (Å²) in [5, 5.41) is 3.00. The zero-order valence-electron chi connectivity index (χ0n) is 11.3. The van der Waals surface area contributed by atoms with Crippen molar-refractivity contribution in [2.24, 2.45) is 5.41 Å². The molecule has 1 fully saturated rings. The molecular formula is C15H21NO2. The van der Waals surface area contributed by atoms with Gasteiger partial charge in [0.25, 0.3) is 0 Å². The second-order valence-corrected chi connectivity index (χ2v) is 5.47. The summed E-state index contributed by atoms with van der Waals surface area (Å²) < 4.78 is 5.14. The van der Waals surface area contributed by atoms with Crippen molar-refractivity contribution in [2.75, 3.05) is 7.11 Å². The Morgan fingerprint density at radius 3 is 2.56 bits per heavy atom. The summed E-state index contributed by atoms with van der Waals surface area (Å²) in [5.74, 6) is 1.07. The second-order valence-electron chi connectivity index (χ2n) is 5.47. The molecule has 1 amide bonds. The molecule has 0 radical (unpaired) electrons. The minimum Gasteiger partial charge on any atom is -0.497 e. The molecule has 0 aliphatic carbocycles. The third kappa shape index (κ3) is 2.66. The number of rotatable bonds is 4. The number of amides is 1. The lowest BCUT2D eigenvalue weighted by Gasteiger charge is -2.27. The lowest BCUT2D eigenvalue weighted by atomic mass is 9.78. The first-order valence-electron chi connectivity index (χ1n) is 6.46. The lowest BCUT2D eigenvalue weighted by Crippen LogP contribution is -2.32. The molecule has 18 heavy (non-hydrogen) atoms. The Hall–Kier alpha value is -1.51. The highest BCUT2D eigenvalue weighted by Gasteiger charge is 2.39. The first-order valence-corrected chi connectivity index (χ1v) is 6.46. The summed E-state index contributed by atoms with van der Waals surface area (Å²) in [6, 6.07) is 8.43. The fourth-order valence-corrected chi connectivity index (χ4v) is 2.51. The van der Waals surface area contributed by atoms with E-state index in [2.05, 4.69) is 31.3 Å². The molecule has 1 N–H and O–H groups in total. The van der Waals surface area contributed by atoms with Gasteiger partial charge in [0.05, 0.1) is 7.11 Å². The average Bonchev–Trinajstić information content (AvgIpc) is 2.61. The Kier molecular flexibility index (Phi) is 3.60. The molecule has 0 aromatic heterocycles. The Morgan fingerprint density at radius 2 is 2.06 bits per heavy atom. The van der Waals surface area contributed by atoms with Gasteiger partial charge in [0.2, 0.25) is 5.91 Å².